The van der Waals surface area contributed by atoms with Gasteiger partial charge < -0.3 is 9.88 Å². The minimum absolute atomic E-state index is 0.172. The van der Waals surface area contributed by atoms with E-state index < -0.39 is 7.14 Å². The highest BCUT2D eigenvalue weighted by atomic mass is 31.2. The first kappa shape index (κ1) is 15.5. The first-order valence-electron chi connectivity index (χ1n) is 7.39. The molecule has 4 heteroatoms. The zero-order valence-corrected chi connectivity index (χ0v) is 14.0. The first-order valence-corrected chi connectivity index (χ1v) is 9.99. The van der Waals surface area contributed by atoms with E-state index in [1.165, 1.54) is 0 Å². The summed E-state index contributed by atoms with van der Waals surface area (Å²) in [6, 6.07) is 20.8. The molecule has 0 unspecified atom stereocenters. The summed E-state index contributed by atoms with van der Waals surface area (Å²) < 4.78 is 12.0. The number of nitrogens with one attached hydrogen (secondary N) is 1. The van der Waals surface area contributed by atoms with Crippen LogP contribution in [0.25, 0.3) is 10.8 Å². The molecule has 0 aromatic heterocycles. The minimum atomic E-state index is -2.29. The number of rotatable bonds is 3. The van der Waals surface area contributed by atoms with Crippen LogP contribution in [0, 0.1) is 0 Å². The lowest BCUT2D eigenvalue weighted by atomic mass is 10.1. The van der Waals surface area contributed by atoms with Gasteiger partial charge in [0.25, 0.3) is 5.91 Å². The summed E-state index contributed by atoms with van der Waals surface area (Å²) in [7, 11) is -2.29. The molecule has 23 heavy (non-hydrogen) atoms. The average molecular weight is 323 g/mol. The normalized spacial score (nSPS) is 11.4. The van der Waals surface area contributed by atoms with Gasteiger partial charge in [0.15, 0.2) is 0 Å². The zero-order chi connectivity index (χ0) is 16.4. The van der Waals surface area contributed by atoms with Crippen molar-refractivity contribution in [2.75, 3.05) is 18.6 Å². The van der Waals surface area contributed by atoms with Crippen molar-refractivity contribution in [1.82, 2.24) is 0 Å². The molecule has 0 atom stereocenters. The van der Waals surface area contributed by atoms with E-state index in [1.54, 1.807) is 37.6 Å². The van der Waals surface area contributed by atoms with Gasteiger partial charge in [-0.2, -0.15) is 0 Å². The highest BCUT2D eigenvalue weighted by Crippen LogP contribution is 2.34. The maximum Gasteiger partial charge on any atom is 0.255 e. The van der Waals surface area contributed by atoms with Crippen molar-refractivity contribution in [2.45, 2.75) is 0 Å². The van der Waals surface area contributed by atoms with E-state index in [0.717, 1.165) is 21.8 Å². The SMILES string of the molecule is CP(C)(=O)c1ccc(C(=O)Nc2ccc3ccccc3c2)cc1. The van der Waals surface area contributed by atoms with Gasteiger partial charge in [0.1, 0.15) is 7.14 Å². The Kier molecular flexibility index (Phi) is 4.06. The lowest BCUT2D eigenvalue weighted by Gasteiger charge is -2.09. The van der Waals surface area contributed by atoms with E-state index in [4.69, 9.17) is 0 Å². The van der Waals surface area contributed by atoms with Crippen molar-refractivity contribution in [3.8, 4) is 0 Å². The molecule has 3 rings (SSSR count). The number of hydrogen-bond donors (Lipinski definition) is 1. The fraction of sp³-hybridized carbons (Fsp3) is 0.105. The average Bonchev–Trinajstić information content (AvgIpc) is 2.54. The number of carbonyl (C=O) groups is 1. The number of carbonyl (C=O) groups excluding carboxylic acids is 1. The van der Waals surface area contributed by atoms with Crippen LogP contribution in [0.4, 0.5) is 5.69 Å². The lowest BCUT2D eigenvalue weighted by molar-refractivity contribution is 0.102. The molecule has 0 aliphatic heterocycles. The predicted octanol–water partition coefficient (Wildman–Crippen LogP) is 4.34. The standard InChI is InChI=1S/C19H18NO2P/c1-23(2,22)18-11-8-15(9-12-18)19(21)20-17-10-7-14-5-3-4-6-16(14)13-17/h3-13H,1-2H3,(H,20,21). The van der Waals surface area contributed by atoms with E-state index in [1.807, 2.05) is 42.5 Å². The highest BCUT2D eigenvalue weighted by Gasteiger charge is 2.12. The lowest BCUT2D eigenvalue weighted by Crippen LogP contribution is -2.13. The Morgan fingerprint density at radius 3 is 2.17 bits per heavy atom. The topological polar surface area (TPSA) is 46.2 Å². The van der Waals surface area contributed by atoms with E-state index in [0.29, 0.717) is 5.56 Å². The van der Waals surface area contributed by atoms with Gasteiger partial charge in [-0.3, -0.25) is 4.79 Å². The second-order valence-electron chi connectivity index (χ2n) is 5.91. The summed E-state index contributed by atoms with van der Waals surface area (Å²) in [6.07, 6.45) is 0. The first-order chi connectivity index (χ1) is 10.9. The number of anilines is 1. The third kappa shape index (κ3) is 3.52. The fourth-order valence-electron chi connectivity index (χ4n) is 2.44. The number of fused-ring (bicyclic) bond motifs is 1. The summed E-state index contributed by atoms with van der Waals surface area (Å²) in [6.45, 7) is 3.44. The van der Waals surface area contributed by atoms with Gasteiger partial charge in [0.05, 0.1) is 0 Å². The van der Waals surface area contributed by atoms with Gasteiger partial charge in [0, 0.05) is 16.6 Å². The number of amides is 1. The predicted molar refractivity (Wildman–Crippen MR) is 97.4 cm³/mol. The van der Waals surface area contributed by atoms with Crippen LogP contribution in [0.15, 0.2) is 66.7 Å². The molecule has 116 valence electrons. The molecule has 1 amide bonds. The Bertz CT molecular complexity index is 910. The van der Waals surface area contributed by atoms with Gasteiger partial charge in [-0.05, 0) is 48.4 Å². The molecule has 1 N–H and O–H groups in total. The molecule has 0 heterocycles. The van der Waals surface area contributed by atoms with E-state index in [2.05, 4.69) is 5.32 Å². The van der Waals surface area contributed by atoms with Crippen LogP contribution in [-0.2, 0) is 4.57 Å². The van der Waals surface area contributed by atoms with Crippen LogP contribution in [0.1, 0.15) is 10.4 Å². The van der Waals surface area contributed by atoms with Crippen LogP contribution in [0.5, 0.6) is 0 Å². The Morgan fingerprint density at radius 2 is 1.52 bits per heavy atom. The molecule has 3 aromatic rings. The molecule has 0 aliphatic carbocycles. The van der Waals surface area contributed by atoms with Crippen LogP contribution < -0.4 is 10.6 Å². The molecular formula is C19H18NO2P. The zero-order valence-electron chi connectivity index (χ0n) is 13.1. The van der Waals surface area contributed by atoms with Crippen molar-refractivity contribution >= 4 is 34.8 Å². The van der Waals surface area contributed by atoms with Crippen LogP contribution in [-0.4, -0.2) is 19.2 Å². The Labute approximate surface area is 135 Å². The molecule has 0 spiro atoms. The third-order valence-electron chi connectivity index (χ3n) is 3.76. The van der Waals surface area contributed by atoms with Crippen molar-refractivity contribution in [1.29, 1.82) is 0 Å². The summed E-state index contributed by atoms with van der Waals surface area (Å²) in [5, 5.41) is 5.90. The van der Waals surface area contributed by atoms with Crippen LogP contribution >= 0.6 is 7.14 Å². The molecule has 0 bridgehead atoms. The van der Waals surface area contributed by atoms with Crippen molar-refractivity contribution in [3.63, 3.8) is 0 Å². The molecule has 3 aromatic carbocycles. The number of benzene rings is 3. The Morgan fingerprint density at radius 1 is 0.870 bits per heavy atom. The minimum Gasteiger partial charge on any atom is -0.322 e. The van der Waals surface area contributed by atoms with Gasteiger partial charge in [-0.15, -0.1) is 0 Å². The number of hydrogen-bond acceptors (Lipinski definition) is 2. The Balaban J connectivity index is 1.81. The van der Waals surface area contributed by atoms with Gasteiger partial charge in [-0.1, -0.05) is 42.5 Å². The fourth-order valence-corrected chi connectivity index (χ4v) is 3.31. The summed E-state index contributed by atoms with van der Waals surface area (Å²) in [5.41, 5.74) is 1.31. The second kappa shape index (κ2) is 6.02. The molecule has 0 saturated carbocycles. The second-order valence-corrected chi connectivity index (χ2v) is 9.13. The summed E-state index contributed by atoms with van der Waals surface area (Å²) in [4.78, 5) is 12.3. The molecular weight excluding hydrogens is 305 g/mol. The van der Waals surface area contributed by atoms with Crippen LogP contribution in [0.3, 0.4) is 0 Å². The molecule has 0 saturated heterocycles. The smallest absolute Gasteiger partial charge is 0.255 e. The van der Waals surface area contributed by atoms with Crippen molar-refractivity contribution in [3.05, 3.63) is 72.3 Å². The highest BCUT2D eigenvalue weighted by molar-refractivity contribution is 7.70. The molecule has 0 radical (unpaired) electrons. The summed E-state index contributed by atoms with van der Waals surface area (Å²) >= 11 is 0. The maximum atomic E-state index is 12.3. The molecule has 0 aliphatic rings. The van der Waals surface area contributed by atoms with Crippen molar-refractivity contribution in [2.24, 2.45) is 0 Å². The molecule has 3 nitrogen and oxygen atoms in total. The van der Waals surface area contributed by atoms with Crippen LogP contribution in [0.2, 0.25) is 0 Å². The van der Waals surface area contributed by atoms with E-state index in [-0.39, 0.29) is 5.91 Å². The Hall–Kier alpha value is -2.38. The van der Waals surface area contributed by atoms with E-state index >= 15 is 0 Å². The van der Waals surface area contributed by atoms with Gasteiger partial charge in [0.2, 0.25) is 0 Å². The van der Waals surface area contributed by atoms with Gasteiger partial charge in [-0.25, -0.2) is 0 Å². The largest absolute Gasteiger partial charge is 0.322 e. The third-order valence-corrected chi connectivity index (χ3v) is 5.30. The quantitative estimate of drug-likeness (QED) is 0.729. The van der Waals surface area contributed by atoms with Crippen molar-refractivity contribution < 1.29 is 9.36 Å². The van der Waals surface area contributed by atoms with E-state index in [9.17, 15) is 9.36 Å². The maximum absolute atomic E-state index is 12.3. The van der Waals surface area contributed by atoms with Gasteiger partial charge >= 0.3 is 0 Å². The molecule has 0 fully saturated rings. The summed E-state index contributed by atoms with van der Waals surface area (Å²) in [5.74, 6) is -0.172. The monoisotopic (exact) mass is 323 g/mol.